The lowest BCUT2D eigenvalue weighted by Crippen LogP contribution is -2.20. The summed E-state index contributed by atoms with van der Waals surface area (Å²) in [5, 5.41) is 10.6. The molecule has 0 radical (unpaired) electrons. The number of benzene rings is 1. The van der Waals surface area contributed by atoms with Crippen LogP contribution < -0.4 is 4.74 Å². The maximum atomic E-state index is 9.94. The zero-order chi connectivity index (χ0) is 20.0. The molecule has 0 atom stereocenters. The second-order valence-corrected chi connectivity index (χ2v) is 7.15. The van der Waals surface area contributed by atoms with Gasteiger partial charge >= 0.3 is 0 Å². The molecule has 27 heavy (non-hydrogen) atoms. The van der Waals surface area contributed by atoms with Crippen LogP contribution in [-0.2, 0) is 6.42 Å². The molecule has 2 rings (SSSR count). The number of ether oxygens (including phenoxy) is 1. The van der Waals surface area contributed by atoms with Crippen LogP contribution in [0.25, 0.3) is 11.1 Å². The molecule has 1 aromatic carbocycles. The van der Waals surface area contributed by atoms with Gasteiger partial charge in [0.1, 0.15) is 5.60 Å². The standard InChI is InChI=1S/C22H25ClN2O2/c1-6-16(13-24-15(2)22(3,4)26)10-17-11-20(21(27-5)25-14-17)18-8-7-9-19(23)12-18/h6-9,11-14,26H,2,10H2,1,3-5H3/b16-6-,24-13?. The molecule has 0 saturated carbocycles. The van der Waals surface area contributed by atoms with Crippen molar-refractivity contribution in [3.05, 3.63) is 71.0 Å². The summed E-state index contributed by atoms with van der Waals surface area (Å²) in [5.74, 6) is 0.548. The third kappa shape index (κ3) is 5.78. The molecular formula is C22H25ClN2O2. The molecule has 4 nitrogen and oxygen atoms in total. The minimum atomic E-state index is -1.04. The smallest absolute Gasteiger partial charge is 0.221 e. The first-order valence-electron chi connectivity index (χ1n) is 8.64. The van der Waals surface area contributed by atoms with Gasteiger partial charge in [0, 0.05) is 29.4 Å². The van der Waals surface area contributed by atoms with Gasteiger partial charge in [-0.2, -0.15) is 0 Å². The second-order valence-electron chi connectivity index (χ2n) is 6.72. The van der Waals surface area contributed by atoms with Gasteiger partial charge in [0.15, 0.2) is 0 Å². The van der Waals surface area contributed by atoms with Crippen LogP contribution in [0.1, 0.15) is 26.3 Å². The molecule has 1 N–H and O–H groups in total. The first kappa shape index (κ1) is 20.9. The molecule has 0 spiro atoms. The third-order valence-corrected chi connectivity index (χ3v) is 4.34. The summed E-state index contributed by atoms with van der Waals surface area (Å²) < 4.78 is 5.41. The Morgan fingerprint density at radius 3 is 2.70 bits per heavy atom. The van der Waals surface area contributed by atoms with Crippen LogP contribution in [0.2, 0.25) is 5.02 Å². The van der Waals surface area contributed by atoms with Crippen molar-refractivity contribution in [2.24, 2.45) is 4.99 Å². The number of allylic oxidation sites excluding steroid dienone is 2. The molecule has 0 fully saturated rings. The van der Waals surface area contributed by atoms with E-state index in [0.29, 0.717) is 23.0 Å². The fourth-order valence-electron chi connectivity index (χ4n) is 2.39. The third-order valence-electron chi connectivity index (χ3n) is 4.11. The fourth-order valence-corrected chi connectivity index (χ4v) is 2.58. The Hall–Kier alpha value is -2.43. The normalized spacial score (nSPS) is 12.4. The molecule has 0 unspecified atom stereocenters. The van der Waals surface area contributed by atoms with E-state index < -0.39 is 5.60 Å². The Bertz CT molecular complexity index is 880. The molecule has 0 amide bonds. The minimum Gasteiger partial charge on any atom is -0.481 e. The Morgan fingerprint density at radius 2 is 2.11 bits per heavy atom. The summed E-state index contributed by atoms with van der Waals surface area (Å²) >= 11 is 6.13. The van der Waals surface area contributed by atoms with E-state index >= 15 is 0 Å². The van der Waals surface area contributed by atoms with Crippen molar-refractivity contribution in [3.63, 3.8) is 0 Å². The second kappa shape index (κ2) is 8.98. The Labute approximate surface area is 165 Å². The van der Waals surface area contributed by atoms with Crippen molar-refractivity contribution in [1.82, 2.24) is 4.98 Å². The van der Waals surface area contributed by atoms with E-state index in [-0.39, 0.29) is 0 Å². The largest absolute Gasteiger partial charge is 0.481 e. The van der Waals surface area contributed by atoms with Gasteiger partial charge in [-0.25, -0.2) is 4.98 Å². The summed E-state index contributed by atoms with van der Waals surface area (Å²) in [5.41, 5.74) is 3.19. The number of aliphatic imine (C=N–C) groups is 1. The van der Waals surface area contributed by atoms with Gasteiger partial charge in [0.2, 0.25) is 5.88 Å². The number of rotatable bonds is 7. The van der Waals surface area contributed by atoms with Crippen molar-refractivity contribution in [1.29, 1.82) is 0 Å². The molecule has 0 bridgehead atoms. The van der Waals surface area contributed by atoms with E-state index in [2.05, 4.69) is 16.6 Å². The molecule has 142 valence electrons. The van der Waals surface area contributed by atoms with Crippen LogP contribution in [-0.4, -0.2) is 29.0 Å². The lowest BCUT2D eigenvalue weighted by Gasteiger charge is -2.16. The Kier molecular flexibility index (Phi) is 6.94. The van der Waals surface area contributed by atoms with E-state index in [0.717, 1.165) is 22.3 Å². The van der Waals surface area contributed by atoms with Crippen molar-refractivity contribution in [3.8, 4) is 17.0 Å². The van der Waals surface area contributed by atoms with Crippen molar-refractivity contribution in [2.75, 3.05) is 7.11 Å². The minimum absolute atomic E-state index is 0.411. The lowest BCUT2D eigenvalue weighted by molar-refractivity contribution is 0.119. The summed E-state index contributed by atoms with van der Waals surface area (Å²) in [6.07, 6.45) is 6.13. The molecule has 2 aromatic rings. The van der Waals surface area contributed by atoms with Crippen LogP contribution in [0.3, 0.4) is 0 Å². The summed E-state index contributed by atoms with van der Waals surface area (Å²) in [4.78, 5) is 8.72. The van der Waals surface area contributed by atoms with Crippen LogP contribution in [0, 0.1) is 0 Å². The number of hydrogen-bond donors (Lipinski definition) is 1. The van der Waals surface area contributed by atoms with Gasteiger partial charge in [-0.05, 0) is 55.7 Å². The molecule has 1 aromatic heterocycles. The van der Waals surface area contributed by atoms with Gasteiger partial charge in [0.25, 0.3) is 0 Å². The number of pyridine rings is 1. The summed E-state index contributed by atoms with van der Waals surface area (Å²) in [6, 6.07) is 9.63. The molecule has 1 heterocycles. The predicted molar refractivity (Wildman–Crippen MR) is 113 cm³/mol. The lowest BCUT2D eigenvalue weighted by atomic mass is 10.0. The number of methoxy groups -OCH3 is 1. The first-order chi connectivity index (χ1) is 12.7. The van der Waals surface area contributed by atoms with Crippen molar-refractivity contribution in [2.45, 2.75) is 32.8 Å². The zero-order valence-corrected chi connectivity index (χ0v) is 16.9. The van der Waals surface area contributed by atoms with Crippen LogP contribution in [0.5, 0.6) is 5.88 Å². The number of aromatic nitrogens is 1. The number of hydrogen-bond acceptors (Lipinski definition) is 4. The highest BCUT2D eigenvalue weighted by atomic mass is 35.5. The number of nitrogens with zero attached hydrogens (tertiary/aromatic N) is 2. The van der Waals surface area contributed by atoms with Crippen molar-refractivity contribution >= 4 is 17.8 Å². The molecule has 5 heteroatoms. The highest BCUT2D eigenvalue weighted by molar-refractivity contribution is 6.30. The van der Waals surface area contributed by atoms with Crippen LogP contribution >= 0.6 is 11.6 Å². The van der Waals surface area contributed by atoms with Gasteiger partial charge in [-0.3, -0.25) is 4.99 Å². The SMILES string of the molecule is C=C(N=C/C(=C\C)Cc1cnc(OC)c(-c2cccc(Cl)c2)c1)C(C)(C)O. The monoisotopic (exact) mass is 384 g/mol. The first-order valence-corrected chi connectivity index (χ1v) is 9.02. The Morgan fingerprint density at radius 1 is 1.37 bits per heavy atom. The van der Waals surface area contributed by atoms with Crippen LogP contribution in [0.15, 0.2) is 65.4 Å². The Balaban J connectivity index is 2.30. The molecule has 0 aliphatic heterocycles. The number of aliphatic hydroxyl groups is 1. The topological polar surface area (TPSA) is 54.7 Å². The summed E-state index contributed by atoms with van der Waals surface area (Å²) in [7, 11) is 1.60. The highest BCUT2D eigenvalue weighted by Crippen LogP contribution is 2.31. The zero-order valence-electron chi connectivity index (χ0n) is 16.2. The number of halogens is 1. The van der Waals surface area contributed by atoms with E-state index in [1.807, 2.05) is 43.3 Å². The van der Waals surface area contributed by atoms with Gasteiger partial charge in [-0.15, -0.1) is 0 Å². The molecule has 0 aliphatic carbocycles. The van der Waals surface area contributed by atoms with Gasteiger partial charge in [-0.1, -0.05) is 36.4 Å². The fraction of sp³-hybridized carbons (Fsp3) is 0.273. The van der Waals surface area contributed by atoms with Gasteiger partial charge < -0.3 is 9.84 Å². The van der Waals surface area contributed by atoms with E-state index in [1.165, 1.54) is 0 Å². The quantitative estimate of drug-likeness (QED) is 0.663. The average Bonchev–Trinajstić information content (AvgIpc) is 2.63. The summed E-state index contributed by atoms with van der Waals surface area (Å²) in [6.45, 7) is 9.07. The maximum Gasteiger partial charge on any atom is 0.221 e. The van der Waals surface area contributed by atoms with Gasteiger partial charge in [0.05, 0.1) is 12.8 Å². The maximum absolute atomic E-state index is 9.94. The highest BCUT2D eigenvalue weighted by Gasteiger charge is 2.16. The van der Waals surface area contributed by atoms with Crippen LogP contribution in [0.4, 0.5) is 0 Å². The predicted octanol–water partition coefficient (Wildman–Crippen LogP) is 5.25. The van der Waals surface area contributed by atoms with E-state index in [9.17, 15) is 5.11 Å². The molecular weight excluding hydrogens is 360 g/mol. The average molecular weight is 385 g/mol. The molecule has 0 saturated heterocycles. The molecule has 0 aliphatic rings. The van der Waals surface area contributed by atoms with E-state index in [4.69, 9.17) is 16.3 Å². The van der Waals surface area contributed by atoms with E-state index in [1.54, 1.807) is 33.4 Å². The van der Waals surface area contributed by atoms with Crippen molar-refractivity contribution < 1.29 is 9.84 Å².